The maximum atomic E-state index is 13.0. The lowest BCUT2D eigenvalue weighted by Crippen LogP contribution is -2.54. The van der Waals surface area contributed by atoms with E-state index in [1.165, 1.54) is 0 Å². The van der Waals surface area contributed by atoms with Gasteiger partial charge in [0, 0.05) is 44.9 Å². The first-order valence-electron chi connectivity index (χ1n) is 11.5. The maximum Gasteiger partial charge on any atom is 0.490 e. The fourth-order valence-corrected chi connectivity index (χ4v) is 4.36. The van der Waals surface area contributed by atoms with Gasteiger partial charge in [0.05, 0.1) is 24.5 Å². The zero-order chi connectivity index (χ0) is 28.8. The predicted molar refractivity (Wildman–Crippen MR) is 117 cm³/mol. The van der Waals surface area contributed by atoms with Crippen molar-refractivity contribution in [3.8, 4) is 0 Å². The second kappa shape index (κ2) is 12.8. The lowest BCUT2D eigenvalue weighted by Gasteiger charge is -2.39. The van der Waals surface area contributed by atoms with E-state index in [-0.39, 0.29) is 18.1 Å². The number of rotatable bonds is 2. The summed E-state index contributed by atoms with van der Waals surface area (Å²) in [4.78, 5) is 37.7. The highest BCUT2D eigenvalue weighted by atomic mass is 19.4. The molecule has 1 aromatic heterocycles. The number of carboxylic acids is 2. The fraction of sp³-hybridized carbons (Fsp3) is 0.682. The molecule has 3 atom stereocenters. The Morgan fingerprint density at radius 1 is 0.947 bits per heavy atom. The minimum Gasteiger partial charge on any atom is -0.475 e. The number of fused-ring (bicyclic) bond motifs is 1. The Labute approximate surface area is 213 Å². The highest BCUT2D eigenvalue weighted by molar-refractivity contribution is 5.93. The molecule has 4 rings (SSSR count). The second-order valence-electron chi connectivity index (χ2n) is 8.95. The van der Waals surface area contributed by atoms with Crippen molar-refractivity contribution < 1.29 is 60.1 Å². The van der Waals surface area contributed by atoms with Crippen LogP contribution in [0, 0.1) is 6.92 Å². The van der Waals surface area contributed by atoms with Crippen molar-refractivity contribution in [2.24, 2.45) is 0 Å². The van der Waals surface area contributed by atoms with Crippen LogP contribution in [0.15, 0.2) is 16.7 Å². The highest BCUT2D eigenvalue weighted by Gasteiger charge is 2.49. The topological polar surface area (TPSA) is 124 Å². The van der Waals surface area contributed by atoms with Crippen molar-refractivity contribution in [2.45, 2.75) is 50.3 Å². The van der Waals surface area contributed by atoms with Crippen LogP contribution in [0.2, 0.25) is 0 Å². The van der Waals surface area contributed by atoms with Crippen LogP contribution in [0.1, 0.15) is 29.0 Å². The van der Waals surface area contributed by atoms with Crippen molar-refractivity contribution >= 4 is 17.8 Å². The minimum atomic E-state index is -5.08. The van der Waals surface area contributed by atoms with Gasteiger partial charge in [-0.2, -0.15) is 26.3 Å². The molecular formula is C22H29F6N3O7. The van der Waals surface area contributed by atoms with Crippen molar-refractivity contribution in [1.29, 1.82) is 0 Å². The first-order valence-corrected chi connectivity index (χ1v) is 11.5. The van der Waals surface area contributed by atoms with Crippen LogP contribution in [-0.2, 0) is 14.3 Å². The Morgan fingerprint density at radius 3 is 1.92 bits per heavy atom. The summed E-state index contributed by atoms with van der Waals surface area (Å²) in [5.74, 6) is -5.01. The van der Waals surface area contributed by atoms with Crippen LogP contribution in [0.25, 0.3) is 0 Å². The Bertz CT molecular complexity index is 936. The first kappa shape index (κ1) is 31.4. The summed E-state index contributed by atoms with van der Waals surface area (Å²) >= 11 is 0. The highest BCUT2D eigenvalue weighted by Crippen LogP contribution is 2.33. The Balaban J connectivity index is 0.000000301. The number of piperazine rings is 1. The van der Waals surface area contributed by atoms with Crippen LogP contribution < -0.4 is 0 Å². The molecule has 0 aromatic carbocycles. The smallest absolute Gasteiger partial charge is 0.475 e. The number of ether oxygens (including phenoxy) is 1. The van der Waals surface area contributed by atoms with Gasteiger partial charge >= 0.3 is 24.3 Å². The van der Waals surface area contributed by atoms with Gasteiger partial charge in [0.1, 0.15) is 0 Å². The van der Waals surface area contributed by atoms with Crippen LogP contribution >= 0.6 is 0 Å². The van der Waals surface area contributed by atoms with Crippen molar-refractivity contribution in [1.82, 2.24) is 14.7 Å². The summed E-state index contributed by atoms with van der Waals surface area (Å²) in [6.45, 7) is 7.76. The summed E-state index contributed by atoms with van der Waals surface area (Å²) in [5.41, 5.74) is 0.913. The summed E-state index contributed by atoms with van der Waals surface area (Å²) in [7, 11) is 2.17. The second-order valence-corrected chi connectivity index (χ2v) is 8.95. The molecule has 0 saturated carbocycles. The zero-order valence-corrected chi connectivity index (χ0v) is 20.6. The zero-order valence-electron chi connectivity index (χ0n) is 20.6. The van der Waals surface area contributed by atoms with E-state index in [0.717, 1.165) is 57.7 Å². The third kappa shape index (κ3) is 8.33. The lowest BCUT2D eigenvalue weighted by molar-refractivity contribution is -0.193. The van der Waals surface area contributed by atoms with E-state index < -0.39 is 24.3 Å². The molecule has 3 fully saturated rings. The molecule has 3 aliphatic rings. The van der Waals surface area contributed by atoms with E-state index in [0.29, 0.717) is 11.8 Å². The molecule has 0 unspecified atom stereocenters. The Morgan fingerprint density at radius 2 is 1.47 bits per heavy atom. The van der Waals surface area contributed by atoms with Crippen molar-refractivity contribution in [3.63, 3.8) is 0 Å². The van der Waals surface area contributed by atoms with Gasteiger partial charge in [-0.15, -0.1) is 0 Å². The number of aryl methyl sites for hydroxylation is 1. The number of alkyl halides is 6. The first-order chi connectivity index (χ1) is 17.5. The number of carbonyl (C=O) groups excluding carboxylic acids is 1. The molecule has 1 aromatic rings. The van der Waals surface area contributed by atoms with E-state index in [9.17, 15) is 31.1 Å². The number of carboxylic acid groups (broad SMARTS) is 2. The SMILES string of the molecule is Cc1ccoc1C(=O)N1C[C@@H](N2CCN(C)CC2)[C@H]2OCCC[C@H]21.O=C(O)C(F)(F)F.O=C(O)C(F)(F)F. The molecule has 0 spiro atoms. The number of aliphatic carboxylic acids is 2. The molecule has 0 aliphatic carbocycles. The van der Waals surface area contributed by atoms with E-state index >= 15 is 0 Å². The van der Waals surface area contributed by atoms with Crippen LogP contribution in [0.5, 0.6) is 0 Å². The maximum absolute atomic E-state index is 13.0. The van der Waals surface area contributed by atoms with Gasteiger partial charge in [-0.25, -0.2) is 9.59 Å². The van der Waals surface area contributed by atoms with Gasteiger partial charge < -0.3 is 29.2 Å². The lowest BCUT2D eigenvalue weighted by atomic mass is 9.99. The molecule has 3 aliphatic heterocycles. The molecule has 16 heteroatoms. The third-order valence-corrected chi connectivity index (χ3v) is 6.31. The van der Waals surface area contributed by atoms with Crippen LogP contribution in [-0.4, -0.2) is 120 Å². The molecule has 2 N–H and O–H groups in total. The number of nitrogens with zero attached hydrogens (tertiary/aromatic N) is 3. The van der Waals surface area contributed by atoms with E-state index in [1.54, 1.807) is 6.26 Å². The van der Waals surface area contributed by atoms with Crippen molar-refractivity contribution in [2.75, 3.05) is 46.4 Å². The standard InChI is InChI=1S/C18H27N3O3.2C2HF3O2/c1-13-5-11-24-16(13)18(22)21-12-15(17-14(21)4-3-10-23-17)20-8-6-19(2)7-9-20;2*3-2(4,5)1(6)7/h5,11,14-15,17H,3-4,6-10,12H2,1-2H3;2*(H,6,7)/t14-,15-,17+;;/m1../s1. The summed E-state index contributed by atoms with van der Waals surface area (Å²) in [5, 5.41) is 14.2. The average molecular weight is 561 g/mol. The number of halogens is 6. The third-order valence-electron chi connectivity index (χ3n) is 6.31. The van der Waals surface area contributed by atoms with Gasteiger partial charge in [-0.1, -0.05) is 0 Å². The molecule has 1 amide bonds. The number of furan rings is 1. The Hall–Kier alpha value is -2.85. The van der Waals surface area contributed by atoms with Gasteiger partial charge in [0.15, 0.2) is 5.76 Å². The molecule has 0 radical (unpaired) electrons. The number of carbonyl (C=O) groups is 3. The van der Waals surface area contributed by atoms with Crippen LogP contribution in [0.3, 0.4) is 0 Å². The molecule has 0 bridgehead atoms. The van der Waals surface area contributed by atoms with E-state index in [1.807, 2.05) is 17.9 Å². The molecular weight excluding hydrogens is 532 g/mol. The van der Waals surface area contributed by atoms with Gasteiger partial charge in [0.25, 0.3) is 5.91 Å². The normalized spacial score (nSPS) is 24.4. The molecule has 10 nitrogen and oxygen atoms in total. The number of likely N-dealkylation sites (tertiary alicyclic amines) is 1. The summed E-state index contributed by atoms with van der Waals surface area (Å²) in [6, 6.07) is 2.35. The number of amides is 1. The summed E-state index contributed by atoms with van der Waals surface area (Å²) in [6.07, 6.45) is -6.37. The monoisotopic (exact) mass is 561 g/mol. The molecule has 216 valence electrons. The number of likely N-dealkylation sites (N-methyl/N-ethyl adjacent to an activating group) is 1. The van der Waals surface area contributed by atoms with Gasteiger partial charge in [-0.05, 0) is 32.9 Å². The van der Waals surface area contributed by atoms with Crippen molar-refractivity contribution in [3.05, 3.63) is 23.7 Å². The van der Waals surface area contributed by atoms with Gasteiger partial charge in [-0.3, -0.25) is 9.69 Å². The molecule has 4 heterocycles. The average Bonchev–Trinajstić information content (AvgIpc) is 3.43. The Kier molecular flexibility index (Phi) is 10.6. The quantitative estimate of drug-likeness (QED) is 0.525. The minimum absolute atomic E-state index is 0.0228. The molecule has 38 heavy (non-hydrogen) atoms. The van der Waals surface area contributed by atoms with Gasteiger partial charge in [0.2, 0.25) is 0 Å². The number of hydrogen-bond donors (Lipinski definition) is 2. The number of hydrogen-bond acceptors (Lipinski definition) is 7. The fourth-order valence-electron chi connectivity index (χ4n) is 4.36. The summed E-state index contributed by atoms with van der Waals surface area (Å²) < 4.78 is 75.1. The molecule has 3 saturated heterocycles. The predicted octanol–water partition coefficient (Wildman–Crippen LogP) is 2.47. The van der Waals surface area contributed by atoms with E-state index in [2.05, 4.69) is 16.8 Å². The van der Waals surface area contributed by atoms with E-state index in [4.69, 9.17) is 29.0 Å². The largest absolute Gasteiger partial charge is 0.490 e. The van der Waals surface area contributed by atoms with Crippen LogP contribution in [0.4, 0.5) is 26.3 Å².